The van der Waals surface area contributed by atoms with E-state index in [2.05, 4.69) is 179 Å². The van der Waals surface area contributed by atoms with Gasteiger partial charge in [0.25, 0.3) is 0 Å². The summed E-state index contributed by atoms with van der Waals surface area (Å²) in [4.78, 5) is 7.81. The van der Waals surface area contributed by atoms with Crippen molar-refractivity contribution in [3.63, 3.8) is 0 Å². The number of hydrogen-bond acceptors (Lipinski definition) is 1. The van der Waals surface area contributed by atoms with Crippen molar-refractivity contribution < 1.29 is 0 Å². The van der Waals surface area contributed by atoms with Crippen LogP contribution in [-0.4, -0.2) is 6.04 Å². The van der Waals surface area contributed by atoms with E-state index < -0.39 is 10.0 Å². The molecule has 0 heterocycles. The maximum Gasteiger partial charge on any atom is 0.0416 e. The SMILES string of the molecule is CC(C)N(c1ccc(S(c2ccccc2)(c2ccccc2)c2ccccc2)cc1)c1cccc(C(C)(C)C)c1. The molecule has 0 aliphatic rings. The van der Waals surface area contributed by atoms with E-state index in [9.17, 15) is 0 Å². The molecular weight excluding hydrogens is 490 g/mol. The van der Waals surface area contributed by atoms with Gasteiger partial charge in [-0.1, -0.05) is 87.5 Å². The summed E-state index contributed by atoms with van der Waals surface area (Å²) in [5.74, 6) is 0. The first-order valence-electron chi connectivity index (χ1n) is 13.8. The highest BCUT2D eigenvalue weighted by molar-refractivity contribution is 8.34. The number of anilines is 2. The number of benzene rings is 5. The lowest BCUT2D eigenvalue weighted by Gasteiger charge is -2.42. The fourth-order valence-corrected chi connectivity index (χ4v) is 9.24. The molecule has 0 spiro atoms. The molecule has 5 aromatic rings. The molecule has 0 fully saturated rings. The summed E-state index contributed by atoms with van der Waals surface area (Å²) in [6.07, 6.45) is 0. The molecule has 0 N–H and O–H groups in total. The Kier molecular flexibility index (Phi) is 7.68. The molecule has 0 aromatic heterocycles. The molecular formula is C37H39NS. The van der Waals surface area contributed by atoms with Crippen LogP contribution in [0.1, 0.15) is 40.2 Å². The van der Waals surface area contributed by atoms with Crippen LogP contribution < -0.4 is 4.90 Å². The molecule has 0 atom stereocenters. The lowest BCUT2D eigenvalue weighted by atomic mass is 9.87. The lowest BCUT2D eigenvalue weighted by molar-refractivity contribution is 0.590. The molecule has 5 rings (SSSR count). The Morgan fingerprint density at radius 2 is 0.923 bits per heavy atom. The van der Waals surface area contributed by atoms with E-state index >= 15 is 0 Å². The number of hydrogen-bond donors (Lipinski definition) is 0. The van der Waals surface area contributed by atoms with Crippen molar-refractivity contribution in [3.05, 3.63) is 145 Å². The number of nitrogens with zero attached hydrogens (tertiary/aromatic N) is 1. The van der Waals surface area contributed by atoms with E-state index in [1.165, 1.54) is 36.5 Å². The van der Waals surface area contributed by atoms with Crippen molar-refractivity contribution in [1.29, 1.82) is 0 Å². The van der Waals surface area contributed by atoms with Gasteiger partial charge in [0.1, 0.15) is 0 Å². The predicted molar refractivity (Wildman–Crippen MR) is 169 cm³/mol. The first-order valence-corrected chi connectivity index (χ1v) is 15.4. The van der Waals surface area contributed by atoms with Gasteiger partial charge >= 0.3 is 0 Å². The molecule has 198 valence electrons. The Labute approximate surface area is 236 Å². The van der Waals surface area contributed by atoms with Gasteiger partial charge in [0.2, 0.25) is 0 Å². The quantitative estimate of drug-likeness (QED) is 0.203. The summed E-state index contributed by atoms with van der Waals surface area (Å²) < 4.78 is 0. The van der Waals surface area contributed by atoms with Gasteiger partial charge in [0.15, 0.2) is 0 Å². The minimum Gasteiger partial charge on any atom is -0.339 e. The van der Waals surface area contributed by atoms with Gasteiger partial charge in [-0.25, -0.2) is 0 Å². The van der Waals surface area contributed by atoms with Crippen LogP contribution in [0.2, 0.25) is 0 Å². The molecule has 39 heavy (non-hydrogen) atoms. The van der Waals surface area contributed by atoms with Crippen LogP contribution in [0.3, 0.4) is 0 Å². The van der Waals surface area contributed by atoms with Crippen molar-refractivity contribution in [3.8, 4) is 0 Å². The van der Waals surface area contributed by atoms with Crippen molar-refractivity contribution in [2.24, 2.45) is 0 Å². The molecule has 0 bridgehead atoms. The summed E-state index contributed by atoms with van der Waals surface area (Å²) in [6, 6.07) is 51.8. The molecule has 0 saturated heterocycles. The van der Waals surface area contributed by atoms with Crippen LogP contribution in [0.4, 0.5) is 11.4 Å². The molecule has 0 saturated carbocycles. The van der Waals surface area contributed by atoms with Crippen LogP contribution in [0.25, 0.3) is 0 Å². The Hall–Kier alpha value is -3.75. The molecule has 0 radical (unpaired) electrons. The Morgan fingerprint density at radius 3 is 1.33 bits per heavy atom. The highest BCUT2D eigenvalue weighted by atomic mass is 32.3. The summed E-state index contributed by atoms with van der Waals surface area (Å²) >= 11 is 0. The monoisotopic (exact) mass is 529 g/mol. The second-order valence-corrected chi connectivity index (χ2v) is 14.4. The molecule has 1 nitrogen and oxygen atoms in total. The van der Waals surface area contributed by atoms with E-state index in [1.807, 2.05) is 0 Å². The zero-order chi connectivity index (χ0) is 27.5. The standard InChI is InChI=1S/C37H39NS/c1-29(2)38(32-17-15-16-30(28-32)37(3,4)5)31-24-26-36(27-25-31)39(33-18-9-6-10-19-33,34-20-11-7-12-21-34)35-22-13-8-14-23-35/h6-29H,1-5H3. The Bertz CT molecular complexity index is 1390. The van der Waals surface area contributed by atoms with Crippen LogP contribution in [0.5, 0.6) is 0 Å². The third-order valence-corrected chi connectivity index (χ3v) is 11.2. The van der Waals surface area contributed by atoms with Gasteiger partial charge in [-0.15, -0.1) is 10.0 Å². The smallest absolute Gasteiger partial charge is 0.0416 e. The van der Waals surface area contributed by atoms with Gasteiger partial charge in [-0.3, -0.25) is 0 Å². The van der Waals surface area contributed by atoms with E-state index in [0.29, 0.717) is 6.04 Å². The normalized spacial score (nSPS) is 12.4. The summed E-state index contributed by atoms with van der Waals surface area (Å²) in [5.41, 5.74) is 3.90. The highest BCUT2D eigenvalue weighted by Crippen LogP contribution is 2.73. The Balaban J connectivity index is 1.69. The van der Waals surface area contributed by atoms with Crippen LogP contribution in [-0.2, 0) is 5.41 Å². The molecule has 0 amide bonds. The molecule has 0 aliphatic heterocycles. The van der Waals surface area contributed by atoms with E-state index in [1.54, 1.807) is 0 Å². The second kappa shape index (κ2) is 11.2. The Morgan fingerprint density at radius 1 is 0.487 bits per heavy atom. The molecule has 0 unspecified atom stereocenters. The van der Waals surface area contributed by atoms with Gasteiger partial charge < -0.3 is 4.90 Å². The average Bonchev–Trinajstić information content (AvgIpc) is 2.96. The second-order valence-electron chi connectivity index (χ2n) is 11.3. The first-order chi connectivity index (χ1) is 18.8. The lowest BCUT2D eigenvalue weighted by Crippen LogP contribution is -2.26. The van der Waals surface area contributed by atoms with Crippen molar-refractivity contribution >= 4 is 21.4 Å². The van der Waals surface area contributed by atoms with E-state index in [-0.39, 0.29) is 5.41 Å². The molecule has 2 heteroatoms. The maximum atomic E-state index is 2.45. The zero-order valence-corrected chi connectivity index (χ0v) is 24.5. The van der Waals surface area contributed by atoms with Gasteiger partial charge in [-0.05, 0) is 97.6 Å². The minimum atomic E-state index is -1.68. The summed E-state index contributed by atoms with van der Waals surface area (Å²) in [7, 11) is -1.68. The van der Waals surface area contributed by atoms with Crippen molar-refractivity contribution in [1.82, 2.24) is 0 Å². The van der Waals surface area contributed by atoms with E-state index in [0.717, 1.165) is 0 Å². The third kappa shape index (κ3) is 5.27. The van der Waals surface area contributed by atoms with E-state index in [4.69, 9.17) is 0 Å². The van der Waals surface area contributed by atoms with Crippen molar-refractivity contribution in [2.75, 3.05) is 4.90 Å². The van der Waals surface area contributed by atoms with Crippen LogP contribution in [0, 0.1) is 0 Å². The molecule has 0 aliphatic carbocycles. The minimum absolute atomic E-state index is 0.104. The highest BCUT2D eigenvalue weighted by Gasteiger charge is 2.33. The fourth-order valence-electron chi connectivity index (χ4n) is 5.37. The average molecular weight is 530 g/mol. The fraction of sp³-hybridized carbons (Fsp3) is 0.189. The summed E-state index contributed by atoms with van der Waals surface area (Å²) in [5, 5.41) is 0. The van der Waals surface area contributed by atoms with Gasteiger partial charge in [-0.2, -0.15) is 0 Å². The molecule has 5 aromatic carbocycles. The van der Waals surface area contributed by atoms with Gasteiger partial charge in [0, 0.05) is 37.0 Å². The van der Waals surface area contributed by atoms with Crippen LogP contribution >= 0.6 is 10.0 Å². The summed E-state index contributed by atoms with van der Waals surface area (Å²) in [6.45, 7) is 11.4. The third-order valence-electron chi connectivity index (χ3n) is 7.27. The first kappa shape index (κ1) is 26.8. The predicted octanol–water partition coefficient (Wildman–Crippen LogP) is 10.9. The van der Waals surface area contributed by atoms with Crippen molar-refractivity contribution in [2.45, 2.75) is 65.7 Å². The zero-order valence-electron chi connectivity index (χ0n) is 23.7. The topological polar surface area (TPSA) is 3.24 Å². The van der Waals surface area contributed by atoms with Crippen LogP contribution in [0.15, 0.2) is 159 Å². The largest absolute Gasteiger partial charge is 0.339 e. The number of rotatable bonds is 7. The van der Waals surface area contributed by atoms with Gasteiger partial charge in [0.05, 0.1) is 0 Å². The maximum absolute atomic E-state index is 2.45.